The van der Waals surface area contributed by atoms with Gasteiger partial charge in [-0.2, -0.15) is 0 Å². The van der Waals surface area contributed by atoms with Crippen molar-refractivity contribution in [2.75, 3.05) is 7.11 Å². The minimum atomic E-state index is 0.0881. The number of ether oxygens (including phenoxy) is 1. The summed E-state index contributed by atoms with van der Waals surface area (Å²) in [7, 11) is 1.80. The Morgan fingerprint density at radius 3 is 2.00 bits per heavy atom. The molecule has 0 saturated carbocycles. The summed E-state index contributed by atoms with van der Waals surface area (Å²) < 4.78 is 5.37. The van der Waals surface area contributed by atoms with Gasteiger partial charge < -0.3 is 4.74 Å². The highest BCUT2D eigenvalue weighted by atomic mass is 16.5. The number of unbranched alkanes of at least 4 members (excludes halogenated alkanes) is 5. The van der Waals surface area contributed by atoms with Crippen LogP contribution in [0.15, 0.2) is 0 Å². The summed E-state index contributed by atoms with van der Waals surface area (Å²) in [6.07, 6.45) is 9.40. The summed E-state index contributed by atoms with van der Waals surface area (Å²) >= 11 is 0. The molecular weight excluding hydrogens is 160 g/mol. The van der Waals surface area contributed by atoms with Gasteiger partial charge in [0.05, 0.1) is 5.60 Å². The normalized spacial score (nSPS) is 12.0. The van der Waals surface area contributed by atoms with Crippen LogP contribution in [0.2, 0.25) is 0 Å². The van der Waals surface area contributed by atoms with Crippen LogP contribution in [0.1, 0.15) is 65.7 Å². The van der Waals surface area contributed by atoms with Crippen molar-refractivity contribution >= 4 is 0 Å². The minimum Gasteiger partial charge on any atom is -0.379 e. The first-order chi connectivity index (χ1) is 6.12. The van der Waals surface area contributed by atoms with Crippen molar-refractivity contribution in [3.63, 3.8) is 0 Å². The van der Waals surface area contributed by atoms with Crippen LogP contribution >= 0.6 is 0 Å². The Balaban J connectivity index is 3.16. The molecule has 0 aliphatic heterocycles. The summed E-state index contributed by atoms with van der Waals surface area (Å²) in [6.45, 7) is 6.59. The van der Waals surface area contributed by atoms with Gasteiger partial charge in [0.25, 0.3) is 0 Å². The van der Waals surface area contributed by atoms with E-state index in [1.165, 1.54) is 44.9 Å². The first kappa shape index (κ1) is 13.0. The van der Waals surface area contributed by atoms with Crippen LogP contribution < -0.4 is 0 Å². The molecule has 0 amide bonds. The average molecular weight is 186 g/mol. The Morgan fingerprint density at radius 2 is 1.46 bits per heavy atom. The zero-order chi connectivity index (χ0) is 10.2. The maximum absolute atomic E-state index is 5.37. The van der Waals surface area contributed by atoms with Gasteiger partial charge in [-0.15, -0.1) is 0 Å². The molecule has 0 rings (SSSR count). The molecule has 0 aromatic rings. The van der Waals surface area contributed by atoms with Crippen LogP contribution in [0.5, 0.6) is 0 Å². The molecular formula is C12H26O. The Kier molecular flexibility index (Phi) is 7.35. The van der Waals surface area contributed by atoms with E-state index in [0.717, 1.165) is 0 Å². The van der Waals surface area contributed by atoms with Crippen LogP contribution in [0.4, 0.5) is 0 Å². The molecule has 0 fully saturated rings. The fourth-order valence-electron chi connectivity index (χ4n) is 1.43. The van der Waals surface area contributed by atoms with Crippen molar-refractivity contribution in [1.29, 1.82) is 0 Å². The molecule has 0 aliphatic carbocycles. The van der Waals surface area contributed by atoms with Gasteiger partial charge in [0.1, 0.15) is 0 Å². The van der Waals surface area contributed by atoms with Crippen LogP contribution in [0, 0.1) is 0 Å². The van der Waals surface area contributed by atoms with E-state index in [1.54, 1.807) is 7.11 Å². The zero-order valence-corrected chi connectivity index (χ0v) is 9.86. The summed E-state index contributed by atoms with van der Waals surface area (Å²) in [6, 6.07) is 0. The molecule has 0 unspecified atom stereocenters. The van der Waals surface area contributed by atoms with Gasteiger partial charge in [0, 0.05) is 7.11 Å². The maximum Gasteiger partial charge on any atom is 0.0622 e. The second-order valence-electron chi connectivity index (χ2n) is 4.48. The van der Waals surface area contributed by atoms with E-state index in [4.69, 9.17) is 4.74 Å². The molecule has 0 spiro atoms. The predicted molar refractivity (Wildman–Crippen MR) is 59.1 cm³/mol. The number of rotatable bonds is 8. The Morgan fingerprint density at radius 1 is 0.923 bits per heavy atom. The van der Waals surface area contributed by atoms with Gasteiger partial charge >= 0.3 is 0 Å². The lowest BCUT2D eigenvalue weighted by Crippen LogP contribution is -2.21. The Hall–Kier alpha value is -0.0400. The highest BCUT2D eigenvalue weighted by Crippen LogP contribution is 2.18. The standard InChI is InChI=1S/C12H26O/c1-5-6-7-8-9-10-11-12(2,3)13-4/h5-11H2,1-4H3. The van der Waals surface area contributed by atoms with Gasteiger partial charge in [-0.05, 0) is 20.3 Å². The first-order valence-electron chi connectivity index (χ1n) is 5.67. The summed E-state index contributed by atoms with van der Waals surface area (Å²) in [5.41, 5.74) is 0.0881. The SMILES string of the molecule is CCCCCCCCC(C)(C)OC. The number of hydrogen-bond acceptors (Lipinski definition) is 1. The quantitative estimate of drug-likeness (QED) is 0.517. The highest BCUT2D eigenvalue weighted by Gasteiger charge is 2.14. The molecule has 0 aromatic carbocycles. The number of methoxy groups -OCH3 is 1. The molecule has 1 nitrogen and oxygen atoms in total. The predicted octanol–water partition coefficient (Wildman–Crippen LogP) is 4.16. The molecule has 1 heteroatoms. The smallest absolute Gasteiger partial charge is 0.0622 e. The molecule has 0 N–H and O–H groups in total. The Bertz CT molecular complexity index is 108. The minimum absolute atomic E-state index is 0.0881. The molecule has 0 radical (unpaired) electrons. The van der Waals surface area contributed by atoms with Crippen molar-refractivity contribution in [2.45, 2.75) is 71.3 Å². The van der Waals surface area contributed by atoms with Crippen molar-refractivity contribution < 1.29 is 4.74 Å². The number of hydrogen-bond donors (Lipinski definition) is 0. The Labute approximate surface area is 83.9 Å². The largest absolute Gasteiger partial charge is 0.379 e. The third-order valence-electron chi connectivity index (χ3n) is 2.68. The van der Waals surface area contributed by atoms with Crippen LogP contribution in [-0.4, -0.2) is 12.7 Å². The van der Waals surface area contributed by atoms with Gasteiger partial charge in [-0.25, -0.2) is 0 Å². The van der Waals surface area contributed by atoms with E-state index in [0.29, 0.717) is 0 Å². The molecule has 0 atom stereocenters. The fraction of sp³-hybridized carbons (Fsp3) is 1.00. The van der Waals surface area contributed by atoms with Gasteiger partial charge in [0.15, 0.2) is 0 Å². The van der Waals surface area contributed by atoms with Gasteiger partial charge in [0.2, 0.25) is 0 Å². The van der Waals surface area contributed by atoms with E-state index in [2.05, 4.69) is 20.8 Å². The van der Waals surface area contributed by atoms with E-state index in [9.17, 15) is 0 Å². The molecule has 80 valence electrons. The molecule has 13 heavy (non-hydrogen) atoms. The van der Waals surface area contributed by atoms with E-state index >= 15 is 0 Å². The van der Waals surface area contributed by atoms with Gasteiger partial charge in [-0.1, -0.05) is 45.4 Å². The van der Waals surface area contributed by atoms with E-state index in [-0.39, 0.29) is 5.60 Å². The van der Waals surface area contributed by atoms with E-state index in [1.807, 2.05) is 0 Å². The van der Waals surface area contributed by atoms with Crippen molar-refractivity contribution in [3.05, 3.63) is 0 Å². The molecule has 0 saturated heterocycles. The second-order valence-corrected chi connectivity index (χ2v) is 4.48. The lowest BCUT2D eigenvalue weighted by molar-refractivity contribution is 0.0134. The van der Waals surface area contributed by atoms with Gasteiger partial charge in [-0.3, -0.25) is 0 Å². The summed E-state index contributed by atoms with van der Waals surface area (Å²) in [5, 5.41) is 0. The average Bonchev–Trinajstić information content (AvgIpc) is 2.11. The topological polar surface area (TPSA) is 9.23 Å². The summed E-state index contributed by atoms with van der Waals surface area (Å²) in [4.78, 5) is 0. The van der Waals surface area contributed by atoms with Crippen molar-refractivity contribution in [2.24, 2.45) is 0 Å². The zero-order valence-electron chi connectivity index (χ0n) is 9.86. The van der Waals surface area contributed by atoms with Crippen LogP contribution in [0.3, 0.4) is 0 Å². The molecule has 0 heterocycles. The highest BCUT2D eigenvalue weighted by molar-refractivity contribution is 4.66. The molecule has 0 aromatic heterocycles. The summed E-state index contributed by atoms with van der Waals surface area (Å²) in [5.74, 6) is 0. The fourth-order valence-corrected chi connectivity index (χ4v) is 1.43. The first-order valence-corrected chi connectivity index (χ1v) is 5.67. The molecule has 0 bridgehead atoms. The van der Waals surface area contributed by atoms with Crippen molar-refractivity contribution in [1.82, 2.24) is 0 Å². The second kappa shape index (κ2) is 7.37. The third kappa shape index (κ3) is 8.29. The van der Waals surface area contributed by atoms with Crippen LogP contribution in [-0.2, 0) is 4.74 Å². The maximum atomic E-state index is 5.37. The monoisotopic (exact) mass is 186 g/mol. The van der Waals surface area contributed by atoms with Crippen LogP contribution in [0.25, 0.3) is 0 Å². The lowest BCUT2D eigenvalue weighted by atomic mass is 9.99. The molecule has 0 aliphatic rings. The third-order valence-corrected chi connectivity index (χ3v) is 2.68. The van der Waals surface area contributed by atoms with E-state index < -0.39 is 0 Å². The lowest BCUT2D eigenvalue weighted by Gasteiger charge is -2.22. The van der Waals surface area contributed by atoms with Crippen molar-refractivity contribution in [3.8, 4) is 0 Å².